The number of halogens is 2. The molecule has 129 heavy (non-hydrogen) atoms. The van der Waals surface area contributed by atoms with Crippen molar-refractivity contribution in [1.82, 2.24) is 77.5 Å². The van der Waals surface area contributed by atoms with E-state index in [0.717, 1.165) is 120 Å². The number of hydrogen-bond donors (Lipinski definition) is 3. The van der Waals surface area contributed by atoms with Gasteiger partial charge < -0.3 is 38.8 Å². The van der Waals surface area contributed by atoms with E-state index in [4.69, 9.17) is 33.0 Å². The molecule has 0 aliphatic carbocycles. The van der Waals surface area contributed by atoms with E-state index in [2.05, 4.69) is 112 Å². The number of aliphatic hydroxyl groups is 1. The van der Waals surface area contributed by atoms with E-state index < -0.39 is 56.4 Å². The van der Waals surface area contributed by atoms with Crippen molar-refractivity contribution in [2.45, 2.75) is 232 Å². The van der Waals surface area contributed by atoms with Crippen LogP contribution in [-0.2, 0) is 64.3 Å². The minimum Gasteiger partial charge on any atom is -0.443 e. The molecule has 0 bridgehead atoms. The molecule has 0 aromatic carbocycles. The fraction of sp³-hybridized carbons (Fsp3) is 0.421. The second kappa shape index (κ2) is 41.6. The van der Waals surface area contributed by atoms with E-state index in [1.165, 1.54) is 76.1 Å². The topological polar surface area (TPSA) is 365 Å². The third-order valence-corrected chi connectivity index (χ3v) is 20.8. The van der Waals surface area contributed by atoms with Crippen molar-refractivity contribution in [2.24, 2.45) is 0 Å². The molecule has 0 saturated carbocycles. The number of ether oxygens (including phenoxy) is 5. The summed E-state index contributed by atoms with van der Waals surface area (Å²) in [6.07, 6.45) is 16.8. The minimum absolute atomic E-state index is 0.110. The number of fused-ring (bicyclic) bond motifs is 7. The zero-order chi connectivity index (χ0) is 94.7. The third kappa shape index (κ3) is 28.3. The van der Waals surface area contributed by atoms with E-state index in [1.54, 1.807) is 113 Å². The average Bonchev–Trinajstić information content (AvgIpc) is 1.66. The molecule has 0 unspecified atom stereocenters. The molecule has 14 aromatic heterocycles. The highest BCUT2D eigenvalue weighted by Crippen LogP contribution is 2.30. The molecule has 0 atom stereocenters. The van der Waals surface area contributed by atoms with Gasteiger partial charge in [0.15, 0.2) is 6.29 Å². The first-order valence-corrected chi connectivity index (χ1v) is 45.8. The molecular formula is C95H118Br2N16O15S. The minimum atomic E-state index is -3.55. The Morgan fingerprint density at radius 1 is 0.380 bits per heavy atom. The monoisotopic (exact) mass is 1910 g/mol. The van der Waals surface area contributed by atoms with Gasteiger partial charge in [-0.1, -0.05) is 0 Å². The number of carbonyl (C=O) groups excluding carboxylic acids is 6. The van der Waals surface area contributed by atoms with Gasteiger partial charge in [0.2, 0.25) is 0 Å². The lowest BCUT2D eigenvalue weighted by molar-refractivity contribution is 0.0530. The maximum Gasteiger partial charge on any atom is 0.419 e. The van der Waals surface area contributed by atoms with Crippen LogP contribution in [0.4, 0.5) is 24.0 Å². The van der Waals surface area contributed by atoms with Crippen LogP contribution in [0.25, 0.3) is 77.2 Å². The number of aromatic amines is 2. The zero-order valence-electron chi connectivity index (χ0n) is 77.8. The summed E-state index contributed by atoms with van der Waals surface area (Å²) >= 11 is 6.72. The maximum absolute atomic E-state index is 12.5. The summed E-state index contributed by atoms with van der Waals surface area (Å²) in [7, 11) is -3.55. The molecule has 2 aliphatic rings. The summed E-state index contributed by atoms with van der Waals surface area (Å²) in [5.41, 5.74) is 18.8. The molecule has 0 amide bonds. The Balaban J connectivity index is 0.000000158. The number of hydrogen-bond acceptors (Lipinski definition) is 24. The number of H-pyrrole nitrogens is 2. The molecule has 2 saturated heterocycles. The van der Waals surface area contributed by atoms with Crippen LogP contribution >= 0.6 is 31.9 Å². The first kappa shape index (κ1) is 99.8. The SMILES string of the molecule is Cc1cc2ncc(Br)cc2[nH]1.Cc1cc2ncc(Br)cc2n1C(=O)OC(C)(C)C.Cc1cc2ncc(C=O)cc2n1C(=O)OC(C)(C)C.Cc1cc2ncc(CN3CCCC3)cc2[nH]1.Cc1cc2ncc(CN3CCCC3)cc2n1C(=O)OC(C)(C)C.Cc1cc2ncc(CO)cc2n1C(=O)OC(C)(C)C.Cc1cc2ncc(COS(C)(=O)=O)cc2n1C(=O)OC(C)(C)C. The van der Waals surface area contributed by atoms with Gasteiger partial charge in [-0.15, -0.1) is 0 Å². The first-order valence-electron chi connectivity index (χ1n) is 42.4. The van der Waals surface area contributed by atoms with E-state index in [1.807, 2.05) is 139 Å². The Morgan fingerprint density at radius 3 is 1.01 bits per heavy atom. The number of rotatable bonds is 9. The number of carbonyl (C=O) groups is 6. The summed E-state index contributed by atoms with van der Waals surface area (Å²) < 4.78 is 63.3. The summed E-state index contributed by atoms with van der Waals surface area (Å²) in [5.74, 6) is 0. The second-order valence-corrected chi connectivity index (χ2v) is 40.4. The second-order valence-electron chi connectivity index (χ2n) is 37.0. The highest BCUT2D eigenvalue weighted by atomic mass is 79.9. The largest absolute Gasteiger partial charge is 0.443 e. The Hall–Kier alpha value is -11.4. The molecule has 3 N–H and O–H groups in total. The quantitative estimate of drug-likeness (QED) is 0.0686. The van der Waals surface area contributed by atoms with Gasteiger partial charge in [-0.2, -0.15) is 8.42 Å². The maximum atomic E-state index is 12.5. The van der Waals surface area contributed by atoms with Crippen LogP contribution in [0.15, 0.2) is 137 Å². The smallest absolute Gasteiger partial charge is 0.419 e. The predicted molar refractivity (Wildman–Crippen MR) is 508 cm³/mol. The summed E-state index contributed by atoms with van der Waals surface area (Å²) in [6.45, 7) is 47.1. The highest BCUT2D eigenvalue weighted by Gasteiger charge is 2.28. The number of aldehydes is 1. The molecule has 0 radical (unpaired) electrons. The van der Waals surface area contributed by atoms with Gasteiger partial charge in [0, 0.05) is 111 Å². The van der Waals surface area contributed by atoms with Crippen molar-refractivity contribution >= 4 is 156 Å². The fourth-order valence-corrected chi connectivity index (χ4v) is 15.2. The normalized spacial score (nSPS) is 13.3. The lowest BCUT2D eigenvalue weighted by Gasteiger charge is -2.20. The Morgan fingerprint density at radius 2 is 0.659 bits per heavy atom. The lowest BCUT2D eigenvalue weighted by atomic mass is 10.2. The van der Waals surface area contributed by atoms with Crippen LogP contribution in [0.2, 0.25) is 0 Å². The summed E-state index contributed by atoms with van der Waals surface area (Å²) in [4.78, 5) is 114. The molecule has 31 nitrogen and oxygen atoms in total. The molecule has 2 fully saturated rings. The molecular weight excluding hydrogens is 1800 g/mol. The van der Waals surface area contributed by atoms with Crippen molar-refractivity contribution in [1.29, 1.82) is 0 Å². The highest BCUT2D eigenvalue weighted by molar-refractivity contribution is 9.10. The van der Waals surface area contributed by atoms with Crippen LogP contribution in [-0.4, -0.2) is 188 Å². The van der Waals surface area contributed by atoms with Crippen LogP contribution in [0.1, 0.15) is 202 Å². The van der Waals surface area contributed by atoms with Gasteiger partial charge in [0.25, 0.3) is 10.1 Å². The number of nitrogens with one attached hydrogen (secondary N) is 2. The molecule has 688 valence electrons. The zero-order valence-corrected chi connectivity index (χ0v) is 81.8. The first-order chi connectivity index (χ1) is 60.3. The molecule has 2 aliphatic heterocycles. The fourth-order valence-electron chi connectivity index (χ4n) is 14.2. The average molecular weight is 1920 g/mol. The number of nitrogens with zero attached hydrogens (tertiary/aromatic N) is 14. The number of aryl methyl sites for hydroxylation is 7. The number of aromatic nitrogens is 14. The van der Waals surface area contributed by atoms with Crippen LogP contribution < -0.4 is 0 Å². The van der Waals surface area contributed by atoms with Gasteiger partial charge in [0.1, 0.15) is 28.0 Å². The van der Waals surface area contributed by atoms with E-state index in [-0.39, 0.29) is 25.4 Å². The van der Waals surface area contributed by atoms with E-state index >= 15 is 0 Å². The predicted octanol–water partition coefficient (Wildman–Crippen LogP) is 20.9. The van der Waals surface area contributed by atoms with Gasteiger partial charge in [-0.05, 0) is 343 Å². The van der Waals surface area contributed by atoms with Crippen molar-refractivity contribution in [3.05, 3.63) is 205 Å². The van der Waals surface area contributed by atoms with Gasteiger partial charge >= 0.3 is 30.5 Å². The molecule has 0 spiro atoms. The van der Waals surface area contributed by atoms with E-state index in [0.29, 0.717) is 61.8 Å². The molecule has 16 rings (SSSR count). The molecule has 16 heterocycles. The number of likely N-dealkylation sites (tertiary alicyclic amines) is 2. The molecule has 14 aromatic rings. The van der Waals surface area contributed by atoms with Crippen LogP contribution in [0, 0.1) is 48.5 Å². The van der Waals surface area contributed by atoms with Crippen LogP contribution in [0.5, 0.6) is 0 Å². The van der Waals surface area contributed by atoms with E-state index in [9.17, 15) is 37.2 Å². The Labute approximate surface area is 768 Å². The Kier molecular flexibility index (Phi) is 32.1. The number of aliphatic hydroxyl groups excluding tert-OH is 1. The van der Waals surface area contributed by atoms with Crippen molar-refractivity contribution in [3.63, 3.8) is 0 Å². The van der Waals surface area contributed by atoms with Crippen LogP contribution in [0.3, 0.4) is 0 Å². The Bertz CT molecular complexity index is 6530. The van der Waals surface area contributed by atoms with Gasteiger partial charge in [-0.3, -0.25) is 53.7 Å². The number of pyridine rings is 7. The van der Waals surface area contributed by atoms with Crippen molar-refractivity contribution in [2.75, 3.05) is 32.4 Å². The third-order valence-electron chi connectivity index (χ3n) is 19.4. The summed E-state index contributed by atoms with van der Waals surface area (Å²) in [6, 6.07) is 26.5. The summed E-state index contributed by atoms with van der Waals surface area (Å²) in [5, 5.41) is 9.15. The molecule has 34 heteroatoms. The standard InChI is InChI=1S/C18H25N3O2.C15H20N2O5S.C14H18N2O3.C14H16N2O3.C13H15BrN2O2.C13H17N3.C8H7BrN2/c1-13-9-15-16(21(13)17(22)23-18(2,3)4)10-14(11-19-15)12-20-7-5-6-8-20;1-10-6-12-13(17(10)14(18)22-15(2,3)4)7-11(8-16-12)9-21-23(5,19)20;2*1-9-5-11-12(6-10(8-17)7-15-11)16(9)13(18)19-14(2,3)4;1-8-5-10-11(6-9(14)7-15-10)16(8)12(17)18-13(2,3)4;1-10-6-12-13(15-10)7-11(8-14-12)9-16-4-2-3-5-16;1-5-2-7-8(11-5)3-6(9)4-10-7/h9-11H,5-8,12H2,1-4H3;6-8H,9H2,1-5H3;5-7,17H,8H2,1-4H3;5-8H,1-4H3;5-7H,1-4H3;6-8,15H,2-5,9H2,1H3;2-4,11H,1H3. The van der Waals surface area contributed by atoms with Gasteiger partial charge in [0.05, 0.1) is 96.7 Å². The lowest BCUT2D eigenvalue weighted by Crippen LogP contribution is -2.27. The van der Waals surface area contributed by atoms with Crippen molar-refractivity contribution < 1.29 is 70.2 Å². The van der Waals surface area contributed by atoms with Crippen molar-refractivity contribution in [3.8, 4) is 0 Å². The van der Waals surface area contributed by atoms with Gasteiger partial charge in [-0.25, -0.2) is 46.8 Å².